The minimum atomic E-state index is -0.392. The molecule has 1 fully saturated rings. The van der Waals surface area contributed by atoms with Crippen LogP contribution in [0.3, 0.4) is 0 Å². The summed E-state index contributed by atoms with van der Waals surface area (Å²) >= 11 is 0. The van der Waals surface area contributed by atoms with Crippen LogP contribution in [0.5, 0.6) is 0 Å². The normalized spacial score (nSPS) is 17.9. The molecule has 0 radical (unpaired) electrons. The Labute approximate surface area is 169 Å². The number of aromatic nitrogens is 4. The van der Waals surface area contributed by atoms with Crippen molar-refractivity contribution in [2.24, 2.45) is 0 Å². The summed E-state index contributed by atoms with van der Waals surface area (Å²) in [6, 6.07) is 7.71. The van der Waals surface area contributed by atoms with E-state index < -0.39 is 5.60 Å². The molecule has 1 saturated heterocycles. The zero-order chi connectivity index (χ0) is 19.8. The van der Waals surface area contributed by atoms with Crippen molar-refractivity contribution >= 4 is 5.91 Å². The highest BCUT2D eigenvalue weighted by Crippen LogP contribution is 2.40. The average molecular weight is 389 g/mol. The summed E-state index contributed by atoms with van der Waals surface area (Å²) in [5, 5.41) is 6.81. The fourth-order valence-electron chi connectivity index (χ4n) is 4.37. The molecule has 3 aromatic rings. The number of nitrogens with one attached hydrogen (secondary N) is 1. The lowest BCUT2D eigenvalue weighted by Crippen LogP contribution is -2.49. The average Bonchev–Trinajstić information content (AvgIpc) is 3.30. The number of likely N-dealkylation sites (tertiary alicyclic amines) is 1. The number of aryl methyl sites for hydroxylation is 1. The molecule has 1 aromatic carbocycles. The van der Waals surface area contributed by atoms with E-state index in [1.807, 2.05) is 48.5 Å². The van der Waals surface area contributed by atoms with E-state index in [0.717, 1.165) is 41.9 Å². The number of rotatable bonds is 2. The van der Waals surface area contributed by atoms with Crippen LogP contribution in [0.2, 0.25) is 0 Å². The van der Waals surface area contributed by atoms with Crippen LogP contribution in [0.15, 0.2) is 42.9 Å². The zero-order valence-electron chi connectivity index (χ0n) is 16.4. The number of fused-ring (bicyclic) bond motifs is 2. The summed E-state index contributed by atoms with van der Waals surface area (Å²) in [6.45, 7) is 3.89. The summed E-state index contributed by atoms with van der Waals surface area (Å²) in [7, 11) is 0. The molecule has 148 valence electrons. The van der Waals surface area contributed by atoms with Crippen molar-refractivity contribution in [1.29, 1.82) is 0 Å². The Morgan fingerprint density at radius 2 is 2.07 bits per heavy atom. The lowest BCUT2D eigenvalue weighted by atomic mass is 9.83. The first-order chi connectivity index (χ1) is 14.1. The lowest BCUT2D eigenvalue weighted by molar-refractivity contribution is -0.0968. The van der Waals surface area contributed by atoms with Gasteiger partial charge in [-0.15, -0.1) is 0 Å². The summed E-state index contributed by atoms with van der Waals surface area (Å²) in [4.78, 5) is 24.1. The Morgan fingerprint density at radius 3 is 2.86 bits per heavy atom. The van der Waals surface area contributed by atoms with Crippen LogP contribution in [-0.4, -0.2) is 50.7 Å². The molecule has 0 aliphatic carbocycles. The van der Waals surface area contributed by atoms with E-state index in [1.54, 1.807) is 6.20 Å². The maximum Gasteiger partial charge on any atom is 0.253 e. The van der Waals surface area contributed by atoms with Crippen LogP contribution in [0.4, 0.5) is 0 Å². The first-order valence-corrected chi connectivity index (χ1v) is 10.0. The molecule has 1 amide bonds. The van der Waals surface area contributed by atoms with E-state index in [9.17, 15) is 4.79 Å². The lowest BCUT2D eigenvalue weighted by Gasteiger charge is -2.44. The van der Waals surface area contributed by atoms with E-state index in [0.29, 0.717) is 25.3 Å². The smallest absolute Gasteiger partial charge is 0.253 e. The molecule has 2 aliphatic rings. The standard InChI is InChI=1S/C22H23N5O2/c1-15-23-12-18-5-10-29-22(20(18)26-15)6-8-27(9-7-22)21(28)17-4-2-3-16(11-17)19-13-24-25-14-19/h2-4,11-14H,5-10H2,1H3,(H,24,25). The SMILES string of the molecule is Cc1ncc2c(n1)C1(CCN(C(=O)c3cccc(-c4cn[nH]c4)c3)CC1)OCC2. The van der Waals surface area contributed by atoms with Crippen molar-refractivity contribution in [3.8, 4) is 11.1 Å². The zero-order valence-corrected chi connectivity index (χ0v) is 16.4. The van der Waals surface area contributed by atoms with Gasteiger partial charge in [-0.05, 0) is 49.4 Å². The minimum absolute atomic E-state index is 0.0556. The maximum atomic E-state index is 13.1. The number of aromatic amines is 1. The van der Waals surface area contributed by atoms with Gasteiger partial charge in [-0.3, -0.25) is 9.89 Å². The van der Waals surface area contributed by atoms with Gasteiger partial charge in [-0.1, -0.05) is 12.1 Å². The first kappa shape index (κ1) is 18.0. The predicted molar refractivity (Wildman–Crippen MR) is 107 cm³/mol. The number of carbonyl (C=O) groups excluding carboxylic acids is 1. The van der Waals surface area contributed by atoms with Gasteiger partial charge >= 0.3 is 0 Å². The molecule has 0 saturated carbocycles. The fraction of sp³-hybridized carbons (Fsp3) is 0.364. The molecule has 2 aliphatic heterocycles. The second-order valence-corrected chi connectivity index (χ2v) is 7.74. The number of piperidine rings is 1. The molecule has 2 aromatic heterocycles. The number of hydrogen-bond donors (Lipinski definition) is 1. The van der Waals surface area contributed by atoms with E-state index in [1.165, 1.54) is 5.56 Å². The van der Waals surface area contributed by atoms with Crippen LogP contribution in [0.25, 0.3) is 11.1 Å². The van der Waals surface area contributed by atoms with Crippen molar-refractivity contribution in [3.05, 3.63) is 65.5 Å². The summed E-state index contributed by atoms with van der Waals surface area (Å²) in [5.41, 5.74) is 4.45. The third-order valence-corrected chi connectivity index (χ3v) is 5.97. The van der Waals surface area contributed by atoms with Gasteiger partial charge in [0.2, 0.25) is 0 Å². The first-order valence-electron chi connectivity index (χ1n) is 10.0. The Morgan fingerprint density at radius 1 is 1.21 bits per heavy atom. The number of nitrogens with zero attached hydrogens (tertiary/aromatic N) is 4. The van der Waals surface area contributed by atoms with Gasteiger partial charge in [0, 0.05) is 36.6 Å². The van der Waals surface area contributed by atoms with Gasteiger partial charge in [-0.2, -0.15) is 5.10 Å². The van der Waals surface area contributed by atoms with Gasteiger partial charge < -0.3 is 9.64 Å². The van der Waals surface area contributed by atoms with Gasteiger partial charge in [-0.25, -0.2) is 9.97 Å². The topological polar surface area (TPSA) is 84.0 Å². The molecule has 29 heavy (non-hydrogen) atoms. The summed E-state index contributed by atoms with van der Waals surface area (Å²) in [6.07, 6.45) is 7.88. The molecule has 7 heteroatoms. The second kappa shape index (κ2) is 7.08. The van der Waals surface area contributed by atoms with Gasteiger partial charge in [0.1, 0.15) is 11.4 Å². The van der Waals surface area contributed by atoms with E-state index in [2.05, 4.69) is 15.2 Å². The predicted octanol–water partition coefficient (Wildman–Crippen LogP) is 2.88. The van der Waals surface area contributed by atoms with Gasteiger partial charge in [0.05, 0.1) is 18.5 Å². The fourth-order valence-corrected chi connectivity index (χ4v) is 4.37. The quantitative estimate of drug-likeness (QED) is 0.729. The highest BCUT2D eigenvalue weighted by molar-refractivity contribution is 5.95. The monoisotopic (exact) mass is 389 g/mol. The van der Waals surface area contributed by atoms with Crippen molar-refractivity contribution in [1.82, 2.24) is 25.1 Å². The number of ether oxygens (including phenoxy) is 1. The van der Waals surface area contributed by atoms with Crippen molar-refractivity contribution in [2.45, 2.75) is 31.8 Å². The largest absolute Gasteiger partial charge is 0.368 e. The summed E-state index contributed by atoms with van der Waals surface area (Å²) in [5.74, 6) is 0.822. The Kier molecular flexibility index (Phi) is 4.39. The highest BCUT2D eigenvalue weighted by atomic mass is 16.5. The second-order valence-electron chi connectivity index (χ2n) is 7.74. The Bertz CT molecular complexity index is 1040. The molecule has 7 nitrogen and oxygen atoms in total. The van der Waals surface area contributed by atoms with Gasteiger partial charge in [0.25, 0.3) is 5.91 Å². The van der Waals surface area contributed by atoms with Crippen LogP contribution >= 0.6 is 0 Å². The van der Waals surface area contributed by atoms with Crippen molar-refractivity contribution in [3.63, 3.8) is 0 Å². The van der Waals surface area contributed by atoms with Crippen LogP contribution < -0.4 is 0 Å². The Balaban J connectivity index is 1.35. The number of amides is 1. The number of hydrogen-bond acceptors (Lipinski definition) is 5. The number of H-pyrrole nitrogens is 1. The van der Waals surface area contributed by atoms with E-state index in [-0.39, 0.29) is 5.91 Å². The number of carbonyl (C=O) groups is 1. The van der Waals surface area contributed by atoms with Gasteiger partial charge in [0.15, 0.2) is 0 Å². The minimum Gasteiger partial charge on any atom is -0.368 e. The molecule has 1 spiro atoms. The van der Waals surface area contributed by atoms with Crippen LogP contribution in [-0.2, 0) is 16.8 Å². The van der Waals surface area contributed by atoms with Crippen LogP contribution in [0, 0.1) is 6.92 Å². The molecule has 4 heterocycles. The molecule has 0 unspecified atom stereocenters. The third-order valence-electron chi connectivity index (χ3n) is 5.97. The third kappa shape index (κ3) is 3.21. The highest BCUT2D eigenvalue weighted by Gasteiger charge is 2.43. The molecule has 0 atom stereocenters. The molecular formula is C22H23N5O2. The molecule has 0 bridgehead atoms. The van der Waals surface area contributed by atoms with E-state index in [4.69, 9.17) is 9.72 Å². The molecular weight excluding hydrogens is 366 g/mol. The molecule has 5 rings (SSSR count). The van der Waals surface area contributed by atoms with Crippen LogP contribution in [0.1, 0.15) is 40.3 Å². The number of benzene rings is 1. The van der Waals surface area contributed by atoms with Crippen molar-refractivity contribution in [2.75, 3.05) is 19.7 Å². The Hall–Kier alpha value is -3.06. The molecule has 1 N–H and O–H groups in total. The summed E-state index contributed by atoms with van der Waals surface area (Å²) < 4.78 is 6.25. The van der Waals surface area contributed by atoms with E-state index >= 15 is 0 Å². The maximum absolute atomic E-state index is 13.1. The van der Waals surface area contributed by atoms with Crippen molar-refractivity contribution < 1.29 is 9.53 Å².